The molecule has 2 aliphatic rings. The largest absolute Gasteiger partial charge is 0.321 e. The van der Waals surface area contributed by atoms with Crippen molar-refractivity contribution in [3.63, 3.8) is 0 Å². The van der Waals surface area contributed by atoms with Crippen LogP contribution in [0.3, 0.4) is 0 Å². The first-order valence-corrected chi connectivity index (χ1v) is 21.6. The van der Waals surface area contributed by atoms with E-state index >= 15 is 0 Å². The maximum atomic E-state index is 2.88. The lowest BCUT2D eigenvalue weighted by Gasteiger charge is -2.31. The fourth-order valence-corrected chi connectivity index (χ4v) is 10.5. The van der Waals surface area contributed by atoms with Gasteiger partial charge in [0.1, 0.15) is 0 Å². The number of hydrogen-bond donors (Lipinski definition) is 0. The molecular formula is C52H56N4. The Labute approximate surface area is 331 Å². The number of aromatic nitrogens is 4. The van der Waals surface area contributed by atoms with Crippen LogP contribution in [0.15, 0.2) is 121 Å². The first kappa shape index (κ1) is 35.2. The maximum absolute atomic E-state index is 2.88. The first-order valence-electron chi connectivity index (χ1n) is 21.6. The molecule has 0 bridgehead atoms. The molecule has 0 amide bonds. The van der Waals surface area contributed by atoms with E-state index in [9.17, 15) is 0 Å². The van der Waals surface area contributed by atoms with Crippen LogP contribution in [0.25, 0.3) is 43.6 Å². The van der Waals surface area contributed by atoms with Gasteiger partial charge in [-0.3, -0.25) is 0 Å². The average molecular weight is 737 g/mol. The molecule has 8 aromatic rings. The van der Waals surface area contributed by atoms with E-state index in [4.69, 9.17) is 0 Å². The summed E-state index contributed by atoms with van der Waals surface area (Å²) in [6.45, 7) is 6.02. The number of hydrogen-bond acceptors (Lipinski definition) is 0. The van der Waals surface area contributed by atoms with E-state index in [1.165, 1.54) is 154 Å². The highest BCUT2D eigenvalue weighted by Crippen LogP contribution is 2.39. The Balaban J connectivity index is 1.50. The minimum absolute atomic E-state index is 0.407. The fraction of sp³-hybridized carbons (Fsp3) is 0.346. The summed E-state index contributed by atoms with van der Waals surface area (Å²) < 4.78 is 11.3. The molecule has 10 rings (SSSR count). The summed E-state index contributed by atoms with van der Waals surface area (Å²) in [5, 5.41) is 5.43. The molecule has 2 aromatic heterocycles. The van der Waals surface area contributed by atoms with E-state index in [-0.39, 0.29) is 0 Å². The summed E-state index contributed by atoms with van der Waals surface area (Å²) in [7, 11) is 0. The van der Waals surface area contributed by atoms with Crippen LogP contribution < -0.4 is 0 Å². The Morgan fingerprint density at radius 3 is 1.09 bits per heavy atom. The Kier molecular flexibility index (Phi) is 9.45. The normalized spacial score (nSPS) is 16.9. The number of nitrogens with zero attached hydrogens (tertiary/aromatic N) is 4. The van der Waals surface area contributed by atoms with Gasteiger partial charge in [0.2, 0.25) is 0 Å². The van der Waals surface area contributed by atoms with Crippen LogP contribution in [-0.2, 0) is 13.1 Å². The summed E-state index contributed by atoms with van der Waals surface area (Å²) in [6.07, 6.45) is 15.3. The van der Waals surface area contributed by atoms with Gasteiger partial charge >= 0.3 is 0 Å². The molecule has 0 radical (unpaired) electrons. The van der Waals surface area contributed by atoms with Crippen LogP contribution in [0.1, 0.15) is 111 Å². The Morgan fingerprint density at radius 1 is 0.393 bits per heavy atom. The van der Waals surface area contributed by atoms with Crippen LogP contribution in [0.4, 0.5) is 0 Å². The van der Waals surface area contributed by atoms with Crippen molar-refractivity contribution in [1.29, 1.82) is 0 Å². The van der Waals surface area contributed by atoms with E-state index in [2.05, 4.69) is 153 Å². The van der Waals surface area contributed by atoms with E-state index in [0.717, 1.165) is 13.1 Å². The summed E-state index contributed by atoms with van der Waals surface area (Å²) >= 11 is 0. The van der Waals surface area contributed by atoms with Crippen molar-refractivity contribution < 1.29 is 0 Å². The Bertz CT molecular complexity index is 2570. The third-order valence-electron chi connectivity index (χ3n) is 13.3. The Morgan fingerprint density at radius 2 is 0.732 bits per heavy atom. The van der Waals surface area contributed by atoms with Gasteiger partial charge in [0.15, 0.2) is 11.0 Å². The van der Waals surface area contributed by atoms with Crippen LogP contribution in [0.2, 0.25) is 0 Å². The zero-order valence-corrected chi connectivity index (χ0v) is 33.4. The summed E-state index contributed by atoms with van der Waals surface area (Å²) in [5.74, 6) is 0. The molecule has 0 N–H and O–H groups in total. The minimum Gasteiger partial charge on any atom is -0.321 e. The zero-order chi connectivity index (χ0) is 37.6. The SMILES string of the molecule is Cc1ccc(Cn2/c(=c3/n(Cc4ccc(C)cc4)c4cccc5cccc(c54)n3C3CCCCCC3)n(C3CCCCCC3)c3cccc4cccc2c43)cc1. The second-order valence-electron chi connectivity index (χ2n) is 17.1. The van der Waals surface area contributed by atoms with Crippen LogP contribution in [0, 0.1) is 24.8 Å². The van der Waals surface area contributed by atoms with Crippen molar-refractivity contribution in [3.05, 3.63) is 155 Å². The standard InChI is InChI=1S/C52H56N4/c1-37-27-31-39(32-28-37)35-53-45-23-11-15-41-17-13-25-47(49(41)45)55(43-19-7-3-4-8-20-43)51(53)52-54(36-40-33-29-38(2)30-34-40)46-24-12-16-42-18-14-26-48(50(42)46)56(52)44-21-9-5-6-10-22-44/h11-18,23-34,43-44H,3-10,19-22,35-36H2,1-2H3/b52-51+. The van der Waals surface area contributed by atoms with Crippen molar-refractivity contribution in [2.45, 2.75) is 116 Å². The second-order valence-corrected chi connectivity index (χ2v) is 17.1. The average Bonchev–Trinajstić information content (AvgIpc) is 3.68. The van der Waals surface area contributed by atoms with Gasteiger partial charge in [0.25, 0.3) is 0 Å². The highest BCUT2D eigenvalue weighted by Gasteiger charge is 2.26. The molecule has 2 heterocycles. The lowest BCUT2D eigenvalue weighted by Crippen LogP contribution is -2.25. The van der Waals surface area contributed by atoms with Gasteiger partial charge < -0.3 is 18.3 Å². The molecule has 56 heavy (non-hydrogen) atoms. The van der Waals surface area contributed by atoms with Crippen molar-refractivity contribution >= 4 is 43.6 Å². The van der Waals surface area contributed by atoms with Gasteiger partial charge in [0.05, 0.1) is 22.1 Å². The second kappa shape index (κ2) is 15.0. The minimum atomic E-state index is 0.407. The molecular weight excluding hydrogens is 681 g/mol. The van der Waals surface area contributed by atoms with Crippen molar-refractivity contribution in [2.24, 2.45) is 0 Å². The predicted octanol–water partition coefficient (Wildman–Crippen LogP) is 13.9. The van der Waals surface area contributed by atoms with E-state index in [1.54, 1.807) is 0 Å². The van der Waals surface area contributed by atoms with Crippen molar-refractivity contribution in [3.8, 4) is 0 Å². The molecule has 2 aliphatic carbocycles. The van der Waals surface area contributed by atoms with Crippen molar-refractivity contribution in [1.82, 2.24) is 18.3 Å². The first-order chi connectivity index (χ1) is 27.6. The zero-order valence-electron chi connectivity index (χ0n) is 33.4. The smallest absolute Gasteiger partial charge is 0.156 e. The molecule has 0 atom stereocenters. The predicted molar refractivity (Wildman–Crippen MR) is 235 cm³/mol. The van der Waals surface area contributed by atoms with E-state index in [1.807, 2.05) is 0 Å². The molecule has 6 aromatic carbocycles. The topological polar surface area (TPSA) is 19.7 Å². The molecule has 2 saturated carbocycles. The molecule has 0 unspecified atom stereocenters. The quantitative estimate of drug-likeness (QED) is 0.152. The molecule has 4 heteroatoms. The monoisotopic (exact) mass is 736 g/mol. The van der Waals surface area contributed by atoms with Crippen LogP contribution in [-0.4, -0.2) is 18.3 Å². The van der Waals surface area contributed by atoms with Gasteiger partial charge in [-0.05, 0) is 85.7 Å². The highest BCUT2D eigenvalue weighted by molar-refractivity contribution is 6.08. The lowest BCUT2D eigenvalue weighted by atomic mass is 10.0. The van der Waals surface area contributed by atoms with Gasteiger partial charge in [-0.15, -0.1) is 0 Å². The van der Waals surface area contributed by atoms with Gasteiger partial charge in [-0.1, -0.05) is 160 Å². The van der Waals surface area contributed by atoms with Crippen LogP contribution >= 0.6 is 0 Å². The van der Waals surface area contributed by atoms with Gasteiger partial charge in [-0.25, -0.2) is 0 Å². The lowest BCUT2D eigenvalue weighted by molar-refractivity contribution is 0.407. The number of aryl methyl sites for hydroxylation is 2. The molecule has 284 valence electrons. The summed E-state index contributed by atoms with van der Waals surface area (Å²) in [4.78, 5) is 0. The molecule has 2 fully saturated rings. The third kappa shape index (κ3) is 6.32. The fourth-order valence-electron chi connectivity index (χ4n) is 10.5. The van der Waals surface area contributed by atoms with E-state index in [0.29, 0.717) is 12.1 Å². The number of benzene rings is 6. The van der Waals surface area contributed by atoms with Crippen LogP contribution in [0.5, 0.6) is 0 Å². The summed E-state index contributed by atoms with van der Waals surface area (Å²) in [5.41, 5.74) is 13.4. The van der Waals surface area contributed by atoms with Crippen molar-refractivity contribution in [2.75, 3.05) is 0 Å². The molecule has 0 aliphatic heterocycles. The maximum Gasteiger partial charge on any atom is 0.156 e. The van der Waals surface area contributed by atoms with Gasteiger partial charge in [-0.2, -0.15) is 0 Å². The molecule has 0 saturated heterocycles. The molecule has 4 nitrogen and oxygen atoms in total. The third-order valence-corrected chi connectivity index (χ3v) is 13.3. The van der Waals surface area contributed by atoms with E-state index < -0.39 is 0 Å². The van der Waals surface area contributed by atoms with Gasteiger partial charge in [0, 0.05) is 35.9 Å². The highest BCUT2D eigenvalue weighted by atomic mass is 15.2. The molecule has 0 spiro atoms. The number of rotatable bonds is 6. The Hall–Kier alpha value is -5.22. The summed E-state index contributed by atoms with van der Waals surface area (Å²) in [6, 6.07) is 47.6.